The fourth-order valence-corrected chi connectivity index (χ4v) is 1.37. The molecular formula is C11H12N4O2. The van der Waals surface area contributed by atoms with Crippen molar-refractivity contribution in [2.45, 2.75) is 6.42 Å². The topological polar surface area (TPSA) is 94.0 Å². The van der Waals surface area contributed by atoms with Gasteiger partial charge < -0.3 is 15.6 Å². The first-order chi connectivity index (χ1) is 8.25. The average Bonchev–Trinajstić information content (AvgIpc) is 2.82. The van der Waals surface area contributed by atoms with E-state index in [1.807, 2.05) is 0 Å². The van der Waals surface area contributed by atoms with Gasteiger partial charge in [-0.1, -0.05) is 11.2 Å². The number of aromatic nitrogens is 2. The molecule has 0 bridgehead atoms. The summed E-state index contributed by atoms with van der Waals surface area (Å²) < 4.78 is 4.81. The molecule has 2 aromatic rings. The Morgan fingerprint density at radius 3 is 3.06 bits per heavy atom. The molecule has 88 valence electrons. The molecule has 1 aromatic carbocycles. The number of hydrogen-bond donors (Lipinski definition) is 2. The molecule has 6 heteroatoms. The van der Waals surface area contributed by atoms with Crippen LogP contribution in [0.3, 0.4) is 0 Å². The second-order valence-electron chi connectivity index (χ2n) is 3.47. The van der Waals surface area contributed by atoms with Crippen molar-refractivity contribution in [1.29, 1.82) is 0 Å². The SMILES string of the molecule is Nc1cccc(C(=O)NCCc2ncno2)c1. The molecular weight excluding hydrogens is 220 g/mol. The maximum absolute atomic E-state index is 11.7. The Balaban J connectivity index is 1.85. The van der Waals surface area contributed by atoms with Crippen LogP contribution in [0.2, 0.25) is 0 Å². The molecule has 0 unspecified atom stereocenters. The smallest absolute Gasteiger partial charge is 0.251 e. The highest BCUT2D eigenvalue weighted by atomic mass is 16.5. The molecule has 1 aromatic heterocycles. The highest BCUT2D eigenvalue weighted by molar-refractivity contribution is 5.94. The van der Waals surface area contributed by atoms with Crippen molar-refractivity contribution >= 4 is 11.6 Å². The molecule has 6 nitrogen and oxygen atoms in total. The summed E-state index contributed by atoms with van der Waals surface area (Å²) in [6.07, 6.45) is 1.84. The number of nitrogens with one attached hydrogen (secondary N) is 1. The molecule has 3 N–H and O–H groups in total. The lowest BCUT2D eigenvalue weighted by Crippen LogP contribution is -2.25. The van der Waals surface area contributed by atoms with Crippen LogP contribution in [0.4, 0.5) is 5.69 Å². The minimum atomic E-state index is -0.170. The fraction of sp³-hybridized carbons (Fsp3) is 0.182. The number of benzene rings is 1. The number of anilines is 1. The lowest BCUT2D eigenvalue weighted by atomic mass is 10.2. The molecule has 0 atom stereocenters. The van der Waals surface area contributed by atoms with Crippen molar-refractivity contribution in [1.82, 2.24) is 15.5 Å². The summed E-state index contributed by atoms with van der Waals surface area (Å²) in [7, 11) is 0. The largest absolute Gasteiger partial charge is 0.399 e. The third kappa shape index (κ3) is 3.04. The summed E-state index contributed by atoms with van der Waals surface area (Å²) in [5, 5.41) is 6.22. The Bertz CT molecular complexity index is 496. The van der Waals surface area contributed by atoms with E-state index < -0.39 is 0 Å². The first-order valence-electron chi connectivity index (χ1n) is 5.15. The van der Waals surface area contributed by atoms with Crippen LogP contribution in [0, 0.1) is 0 Å². The van der Waals surface area contributed by atoms with E-state index in [1.54, 1.807) is 24.3 Å². The predicted octanol–water partition coefficient (Wildman–Crippen LogP) is 0.624. The van der Waals surface area contributed by atoms with Crippen molar-refractivity contribution in [3.8, 4) is 0 Å². The van der Waals surface area contributed by atoms with Gasteiger partial charge in [-0.2, -0.15) is 4.98 Å². The van der Waals surface area contributed by atoms with E-state index in [0.717, 1.165) is 0 Å². The van der Waals surface area contributed by atoms with E-state index in [-0.39, 0.29) is 5.91 Å². The highest BCUT2D eigenvalue weighted by Gasteiger charge is 2.05. The van der Waals surface area contributed by atoms with Crippen LogP contribution in [0.1, 0.15) is 16.2 Å². The monoisotopic (exact) mass is 232 g/mol. The van der Waals surface area contributed by atoms with Crippen LogP contribution in [0.5, 0.6) is 0 Å². The Morgan fingerprint density at radius 2 is 2.35 bits per heavy atom. The van der Waals surface area contributed by atoms with E-state index in [1.165, 1.54) is 6.33 Å². The standard InChI is InChI=1S/C11H12N4O2/c12-9-3-1-2-8(6-9)11(16)13-5-4-10-14-7-15-17-10/h1-3,6-7H,4-5,12H2,(H,13,16). The molecule has 1 heterocycles. The second kappa shape index (κ2) is 5.11. The summed E-state index contributed by atoms with van der Waals surface area (Å²) in [4.78, 5) is 15.5. The molecule has 0 fully saturated rings. The minimum Gasteiger partial charge on any atom is -0.399 e. The molecule has 0 radical (unpaired) electrons. The van der Waals surface area contributed by atoms with Gasteiger partial charge in [0.1, 0.15) is 0 Å². The van der Waals surface area contributed by atoms with Crippen LogP contribution >= 0.6 is 0 Å². The van der Waals surface area contributed by atoms with E-state index in [0.29, 0.717) is 30.1 Å². The summed E-state index contributed by atoms with van der Waals surface area (Å²) in [6.45, 7) is 0.440. The third-order valence-corrected chi connectivity index (χ3v) is 2.18. The zero-order valence-corrected chi connectivity index (χ0v) is 9.09. The molecule has 2 rings (SSSR count). The maximum atomic E-state index is 11.7. The number of nitrogens with zero attached hydrogens (tertiary/aromatic N) is 2. The van der Waals surface area contributed by atoms with Crippen molar-refractivity contribution in [3.05, 3.63) is 42.0 Å². The number of carbonyl (C=O) groups excluding carboxylic acids is 1. The first-order valence-corrected chi connectivity index (χ1v) is 5.15. The predicted molar refractivity (Wildman–Crippen MR) is 61.2 cm³/mol. The van der Waals surface area contributed by atoms with E-state index >= 15 is 0 Å². The van der Waals surface area contributed by atoms with Gasteiger partial charge in [0.25, 0.3) is 5.91 Å². The maximum Gasteiger partial charge on any atom is 0.251 e. The van der Waals surface area contributed by atoms with Crippen LogP contribution in [-0.2, 0) is 6.42 Å². The number of nitrogen functional groups attached to an aromatic ring is 1. The Morgan fingerprint density at radius 1 is 1.47 bits per heavy atom. The van der Waals surface area contributed by atoms with Gasteiger partial charge in [-0.05, 0) is 18.2 Å². The molecule has 17 heavy (non-hydrogen) atoms. The molecule has 0 saturated heterocycles. The molecule has 0 aliphatic carbocycles. The van der Waals surface area contributed by atoms with Gasteiger partial charge >= 0.3 is 0 Å². The van der Waals surface area contributed by atoms with Gasteiger partial charge in [0.05, 0.1) is 0 Å². The van der Waals surface area contributed by atoms with Crippen molar-refractivity contribution < 1.29 is 9.32 Å². The fourth-order valence-electron chi connectivity index (χ4n) is 1.37. The van der Waals surface area contributed by atoms with Crippen molar-refractivity contribution in [3.63, 3.8) is 0 Å². The Labute approximate surface area is 97.8 Å². The quantitative estimate of drug-likeness (QED) is 0.754. The molecule has 0 aliphatic rings. The molecule has 0 saturated carbocycles. The third-order valence-electron chi connectivity index (χ3n) is 2.18. The molecule has 1 amide bonds. The van der Waals surface area contributed by atoms with Gasteiger partial charge in [0.15, 0.2) is 6.33 Å². The summed E-state index contributed by atoms with van der Waals surface area (Å²) >= 11 is 0. The Hall–Kier alpha value is -2.37. The zero-order chi connectivity index (χ0) is 12.1. The van der Waals surface area contributed by atoms with Crippen LogP contribution < -0.4 is 11.1 Å². The Kier molecular flexibility index (Phi) is 3.34. The van der Waals surface area contributed by atoms with Crippen LogP contribution in [-0.4, -0.2) is 22.6 Å². The lowest BCUT2D eigenvalue weighted by molar-refractivity contribution is 0.0953. The summed E-state index contributed by atoms with van der Waals surface area (Å²) in [5.74, 6) is 0.328. The van der Waals surface area contributed by atoms with Crippen molar-refractivity contribution in [2.75, 3.05) is 12.3 Å². The van der Waals surface area contributed by atoms with Gasteiger partial charge in [-0.3, -0.25) is 4.79 Å². The van der Waals surface area contributed by atoms with Crippen LogP contribution in [0.25, 0.3) is 0 Å². The molecule has 0 spiro atoms. The van der Waals surface area contributed by atoms with Gasteiger partial charge in [-0.25, -0.2) is 0 Å². The van der Waals surface area contributed by atoms with E-state index in [4.69, 9.17) is 10.3 Å². The number of carbonyl (C=O) groups is 1. The number of nitrogens with two attached hydrogens (primary N) is 1. The normalized spacial score (nSPS) is 10.1. The average molecular weight is 232 g/mol. The number of rotatable bonds is 4. The first kappa shape index (κ1) is 11.1. The van der Waals surface area contributed by atoms with Crippen LogP contribution in [0.15, 0.2) is 35.1 Å². The van der Waals surface area contributed by atoms with Gasteiger partial charge in [-0.15, -0.1) is 0 Å². The summed E-state index contributed by atoms with van der Waals surface area (Å²) in [5.41, 5.74) is 6.69. The summed E-state index contributed by atoms with van der Waals surface area (Å²) in [6, 6.07) is 6.80. The number of hydrogen-bond acceptors (Lipinski definition) is 5. The van der Waals surface area contributed by atoms with E-state index in [9.17, 15) is 4.79 Å². The zero-order valence-electron chi connectivity index (χ0n) is 9.09. The van der Waals surface area contributed by atoms with Gasteiger partial charge in [0, 0.05) is 24.2 Å². The number of amides is 1. The highest BCUT2D eigenvalue weighted by Crippen LogP contribution is 2.06. The van der Waals surface area contributed by atoms with E-state index in [2.05, 4.69) is 15.5 Å². The van der Waals surface area contributed by atoms with Gasteiger partial charge in [0.2, 0.25) is 5.89 Å². The second-order valence-corrected chi connectivity index (χ2v) is 3.47. The molecule has 0 aliphatic heterocycles. The van der Waals surface area contributed by atoms with Crippen molar-refractivity contribution in [2.24, 2.45) is 0 Å². The minimum absolute atomic E-state index is 0.170. The lowest BCUT2D eigenvalue weighted by Gasteiger charge is -2.03.